The second kappa shape index (κ2) is 48.4. The molecule has 3 aromatic heterocycles. The Kier molecular flexibility index (Phi) is 35.8. The van der Waals surface area contributed by atoms with Crippen LogP contribution in [0.3, 0.4) is 0 Å². The van der Waals surface area contributed by atoms with Gasteiger partial charge in [-0.2, -0.15) is 0 Å². The number of hydrogen-bond acceptors (Lipinski definition) is 9. The van der Waals surface area contributed by atoms with Gasteiger partial charge in [0.1, 0.15) is 0 Å². The molecule has 0 bridgehead atoms. The molecule has 111 heavy (non-hydrogen) atoms. The topological polar surface area (TPSA) is 151 Å². The van der Waals surface area contributed by atoms with E-state index in [1.54, 1.807) is 18.2 Å². The summed E-state index contributed by atoms with van der Waals surface area (Å²) in [5, 5.41) is 31.2. The Hall–Kier alpha value is -6.87. The number of aliphatic hydroxyl groups is 3. The van der Waals surface area contributed by atoms with Crippen molar-refractivity contribution in [3.63, 3.8) is 0 Å². The van der Waals surface area contributed by atoms with Gasteiger partial charge in [0.2, 0.25) is 0 Å². The van der Waals surface area contributed by atoms with Crippen LogP contribution in [0, 0.1) is 113 Å². The summed E-state index contributed by atoms with van der Waals surface area (Å²) in [7, 11) is 0. The number of allylic oxidation sites excluding steroid dienone is 6. The molecular weight excluding hydrogens is 1900 g/mol. The van der Waals surface area contributed by atoms with Crippen LogP contribution in [0.1, 0.15) is 242 Å². The van der Waals surface area contributed by atoms with Gasteiger partial charge >= 0.3 is 0 Å². The summed E-state index contributed by atoms with van der Waals surface area (Å²) in [5.74, 6) is 2.83. The molecule has 6 aromatic carbocycles. The summed E-state index contributed by atoms with van der Waals surface area (Å²) in [6.45, 7) is 21.2. The molecule has 9 nitrogen and oxygen atoms in total. The fourth-order valence-electron chi connectivity index (χ4n) is 13.7. The van der Waals surface area contributed by atoms with Gasteiger partial charge in [0, 0.05) is 143 Å². The third-order valence-electron chi connectivity index (χ3n) is 20.4. The van der Waals surface area contributed by atoms with E-state index in [0.717, 1.165) is 104 Å². The van der Waals surface area contributed by atoms with E-state index in [1.807, 2.05) is 152 Å². The number of aliphatic hydroxyl groups excluding tert-OH is 3. The quantitative estimate of drug-likeness (QED) is 0.0330. The minimum Gasteiger partial charge on any atom is -0.512 e. The van der Waals surface area contributed by atoms with E-state index in [-0.39, 0.29) is 147 Å². The number of carbonyl (C=O) groups excluding carboxylic acids is 3. The number of aryl methyl sites for hydroxylation is 6. The van der Waals surface area contributed by atoms with Crippen LogP contribution in [-0.4, -0.2) is 47.6 Å². The van der Waals surface area contributed by atoms with E-state index < -0.39 is 20.6 Å². The third kappa shape index (κ3) is 31.8. The van der Waals surface area contributed by atoms with Gasteiger partial charge in [-0.1, -0.05) is 294 Å². The molecule has 0 spiro atoms. The molecule has 603 valence electrons. The standard InChI is InChI=1S/C25H28N.C24H26N.C23H24N.3C9H16O2.3Ir/c1-18-14-19(2)16-22(15-18)24-13-12-23-21(10-7-11-25(23)26-24)17-20-8-5-3-4-6-9-20;1-17-13-18(2)15-21(14-17)23-12-11-22-20(9-6-10-24(22)25-23)16-19-7-4-3-5-8-19;1-16-12-17(2)14-20(13-16)22-11-10-21-19(8-5-9-23(21)24-22)15-18-6-3-4-7-18;3*1-6(2)8(10)5-9(11)7(3)4;;;/h7,10-15,20H,3-6,8-9,17H2,1-2H3;6,9-14,19H,3-5,7-8,16H2,1-2H3;5,8-13,18H,3-4,6-7,15H2,1-2H3;3*5-7,10H,1-4H3;;;/q3*-1;;;;;;/i3*2D3;;;;;;. The van der Waals surface area contributed by atoms with Crippen molar-refractivity contribution in [2.75, 3.05) is 0 Å². The zero-order valence-corrected chi connectivity index (χ0v) is 75.4. The van der Waals surface area contributed by atoms with Gasteiger partial charge in [0.05, 0.1) is 33.8 Å². The van der Waals surface area contributed by atoms with Crippen LogP contribution in [0.15, 0.2) is 163 Å². The molecule has 3 aliphatic rings. The average Bonchev–Trinajstić information content (AvgIpc) is 0.847. The Morgan fingerprint density at radius 1 is 0.369 bits per heavy atom. The molecule has 12 rings (SSSR count). The van der Waals surface area contributed by atoms with Crippen LogP contribution < -0.4 is 0 Å². The van der Waals surface area contributed by atoms with Crippen molar-refractivity contribution in [3.8, 4) is 33.8 Å². The normalized spacial score (nSPS) is 15.9. The Morgan fingerprint density at radius 3 is 0.847 bits per heavy atom. The van der Waals surface area contributed by atoms with Crippen LogP contribution in [0.25, 0.3) is 66.5 Å². The zero-order chi connectivity index (χ0) is 86.2. The van der Waals surface area contributed by atoms with Crippen molar-refractivity contribution in [3.05, 3.63) is 231 Å². The largest absolute Gasteiger partial charge is 0.512 e. The van der Waals surface area contributed by atoms with Gasteiger partial charge in [-0.25, -0.2) is 0 Å². The number of ketones is 3. The number of fused-ring (bicyclic) bond motifs is 3. The van der Waals surface area contributed by atoms with Gasteiger partial charge in [-0.05, 0) is 89.0 Å². The van der Waals surface area contributed by atoms with E-state index in [1.165, 1.54) is 147 Å². The summed E-state index contributed by atoms with van der Waals surface area (Å²) >= 11 is 0. The van der Waals surface area contributed by atoms with Crippen molar-refractivity contribution >= 4 is 50.1 Å². The second-order valence-corrected chi connectivity index (χ2v) is 32.0. The molecule has 9 aromatic rings. The SMILES string of the molecule is CC(C)C(=O)C=C(O)C(C)C.CC(C)C(=O)C=C(O)C(C)C.CC(C)C(=O)C=C(O)C(C)C.[2H]C([2H])([2H])c1[c-]c(-c2ccc3c(CC4CCCC4)cccc3n2)cc(C)c1.[2H]C([2H])([2H])c1[c-]c(-c2ccc3c(CC4CCCCC4)cccc3n2)cc(C)c1.[2H]C([2H])([2H])c1[c-]c(-c2ccc3c(CC4CCCCCC4)cccc3n2)cc(C)c1.[Ir].[Ir].[Ir]. The fourth-order valence-corrected chi connectivity index (χ4v) is 13.7. The van der Waals surface area contributed by atoms with E-state index >= 15 is 0 Å². The fraction of sp³-hybridized carbons (Fsp3) is 0.455. The van der Waals surface area contributed by atoms with Crippen LogP contribution in [0.4, 0.5) is 0 Å². The summed E-state index contributed by atoms with van der Waals surface area (Å²) in [6, 6.07) is 51.6. The first-order valence-corrected chi connectivity index (χ1v) is 39.7. The van der Waals surface area contributed by atoms with Crippen molar-refractivity contribution in [1.82, 2.24) is 15.0 Å². The average molecular weight is 2040 g/mol. The molecular formula is C99H126Ir3N3O6-3. The van der Waals surface area contributed by atoms with Gasteiger partial charge in [0.25, 0.3) is 0 Å². The molecule has 3 heterocycles. The minimum absolute atomic E-state index is 0. The number of hydrogen-bond donors (Lipinski definition) is 3. The van der Waals surface area contributed by atoms with Crippen molar-refractivity contribution in [1.29, 1.82) is 0 Å². The van der Waals surface area contributed by atoms with Crippen LogP contribution in [0.5, 0.6) is 0 Å². The zero-order valence-electron chi connectivity index (χ0n) is 77.2. The maximum absolute atomic E-state index is 11.0. The molecule has 0 saturated heterocycles. The number of aromatic nitrogens is 3. The maximum atomic E-state index is 11.0. The number of nitrogens with zero attached hydrogens (tertiary/aromatic N) is 3. The number of benzene rings is 6. The molecule has 3 saturated carbocycles. The first-order chi connectivity index (χ1) is 55.0. The smallest absolute Gasteiger partial charge is 0.161 e. The Balaban J connectivity index is 0.000000316. The Morgan fingerprint density at radius 2 is 0.613 bits per heavy atom. The molecule has 0 atom stereocenters. The molecule has 3 radical (unpaired) electrons. The van der Waals surface area contributed by atoms with Crippen molar-refractivity contribution in [2.24, 2.45) is 53.3 Å². The van der Waals surface area contributed by atoms with Gasteiger partial charge in [0.15, 0.2) is 17.3 Å². The molecule has 0 aliphatic heterocycles. The molecule has 3 aliphatic carbocycles. The molecule has 0 amide bonds. The van der Waals surface area contributed by atoms with Crippen LogP contribution in [0.2, 0.25) is 0 Å². The maximum Gasteiger partial charge on any atom is 0.161 e. The molecule has 3 N–H and O–H groups in total. The van der Waals surface area contributed by atoms with Gasteiger partial charge < -0.3 is 15.3 Å². The van der Waals surface area contributed by atoms with Crippen molar-refractivity contribution < 1.29 is 102 Å². The molecule has 3 fully saturated rings. The Bertz CT molecular complexity index is 4790. The second-order valence-electron chi connectivity index (χ2n) is 32.0. The van der Waals surface area contributed by atoms with Crippen LogP contribution in [-0.2, 0) is 94.0 Å². The molecule has 12 heteroatoms. The van der Waals surface area contributed by atoms with Gasteiger partial charge in [-0.3, -0.25) is 29.3 Å². The number of pyridine rings is 3. The predicted octanol–water partition coefficient (Wildman–Crippen LogP) is 26.2. The molecule has 0 unspecified atom stereocenters. The van der Waals surface area contributed by atoms with Crippen LogP contribution >= 0.6 is 0 Å². The third-order valence-corrected chi connectivity index (χ3v) is 20.4. The monoisotopic (exact) mass is 2040 g/mol. The minimum atomic E-state index is -2.16. The van der Waals surface area contributed by atoms with E-state index in [4.69, 9.17) is 27.3 Å². The summed E-state index contributed by atoms with van der Waals surface area (Å²) in [5.41, 5.74) is 15.0. The van der Waals surface area contributed by atoms with E-state index in [9.17, 15) is 29.7 Å². The summed E-state index contributed by atoms with van der Waals surface area (Å²) in [4.78, 5) is 47.6. The first kappa shape index (κ1) is 82.1. The van der Waals surface area contributed by atoms with E-state index in [2.05, 4.69) is 78.9 Å². The number of carbonyl (C=O) groups is 3. The first-order valence-electron chi connectivity index (χ1n) is 44.2. The predicted molar refractivity (Wildman–Crippen MR) is 453 cm³/mol. The summed E-state index contributed by atoms with van der Waals surface area (Å²) in [6.07, 6.45) is 27.6. The van der Waals surface area contributed by atoms with E-state index in [0.29, 0.717) is 0 Å². The Labute approximate surface area is 720 Å². The number of rotatable bonds is 18. The van der Waals surface area contributed by atoms with Gasteiger partial charge in [-0.15, -0.1) is 105 Å². The van der Waals surface area contributed by atoms with Crippen molar-refractivity contribution in [2.45, 2.75) is 240 Å². The summed E-state index contributed by atoms with van der Waals surface area (Å²) < 4.78 is 69.2.